The molecule has 1 heterocycles. The number of benzene rings is 2. The van der Waals surface area contributed by atoms with E-state index < -0.39 is 5.82 Å². The Hall–Kier alpha value is -2.04. The molecule has 0 spiro atoms. The summed E-state index contributed by atoms with van der Waals surface area (Å²) >= 11 is 12.0. The van der Waals surface area contributed by atoms with Crippen LogP contribution < -0.4 is 4.74 Å². The molecule has 0 atom stereocenters. The van der Waals surface area contributed by atoms with Gasteiger partial charge in [0.25, 0.3) is 0 Å². The Kier molecular flexibility index (Phi) is 3.81. The van der Waals surface area contributed by atoms with Crippen LogP contribution in [0, 0.1) is 5.82 Å². The van der Waals surface area contributed by atoms with Crippen molar-refractivity contribution < 1.29 is 13.9 Å². The van der Waals surface area contributed by atoms with Crippen LogP contribution in [0.2, 0.25) is 10.0 Å². The first-order valence-electron chi connectivity index (χ1n) is 6.35. The van der Waals surface area contributed by atoms with Crippen molar-refractivity contribution in [2.24, 2.45) is 0 Å². The zero-order chi connectivity index (χ0) is 15.9. The highest BCUT2D eigenvalue weighted by Gasteiger charge is 2.17. The molecule has 0 aliphatic heterocycles. The standard InChI is InChI=1S/C16H10Cl2FNO2/c1-22-14-3-2-8(4-12(14)18)15-11(7-21)10-5-9(17)6-13(19)16(10)20-15/h2-7,20H,1H3. The van der Waals surface area contributed by atoms with Gasteiger partial charge in [0.2, 0.25) is 0 Å². The van der Waals surface area contributed by atoms with Crippen LogP contribution in [0.25, 0.3) is 22.2 Å². The fourth-order valence-electron chi connectivity index (χ4n) is 2.41. The number of H-pyrrole nitrogens is 1. The summed E-state index contributed by atoms with van der Waals surface area (Å²) in [5.41, 5.74) is 1.70. The molecule has 2 aromatic carbocycles. The number of aromatic amines is 1. The molecule has 112 valence electrons. The highest BCUT2D eigenvalue weighted by Crippen LogP contribution is 2.35. The fraction of sp³-hybridized carbons (Fsp3) is 0.0625. The van der Waals surface area contributed by atoms with E-state index in [1.165, 1.54) is 13.2 Å². The van der Waals surface area contributed by atoms with E-state index in [-0.39, 0.29) is 10.5 Å². The van der Waals surface area contributed by atoms with Gasteiger partial charge < -0.3 is 9.72 Å². The number of fused-ring (bicyclic) bond motifs is 1. The van der Waals surface area contributed by atoms with Gasteiger partial charge in [-0.05, 0) is 30.3 Å². The van der Waals surface area contributed by atoms with Crippen molar-refractivity contribution in [3.63, 3.8) is 0 Å². The second-order valence-corrected chi connectivity index (χ2v) is 5.53. The van der Waals surface area contributed by atoms with Crippen LogP contribution in [-0.2, 0) is 0 Å². The lowest BCUT2D eigenvalue weighted by Gasteiger charge is -2.05. The highest BCUT2D eigenvalue weighted by molar-refractivity contribution is 6.32. The maximum Gasteiger partial charge on any atom is 0.152 e. The number of aromatic nitrogens is 1. The number of nitrogens with one attached hydrogen (secondary N) is 1. The van der Waals surface area contributed by atoms with Crippen molar-refractivity contribution in [2.45, 2.75) is 0 Å². The summed E-state index contributed by atoms with van der Waals surface area (Å²) in [7, 11) is 1.51. The topological polar surface area (TPSA) is 42.1 Å². The monoisotopic (exact) mass is 337 g/mol. The molecular weight excluding hydrogens is 328 g/mol. The minimum atomic E-state index is -0.517. The number of halogens is 3. The van der Waals surface area contributed by atoms with Gasteiger partial charge in [0.05, 0.1) is 23.3 Å². The third kappa shape index (κ3) is 2.34. The van der Waals surface area contributed by atoms with E-state index >= 15 is 0 Å². The number of hydrogen-bond acceptors (Lipinski definition) is 2. The molecule has 0 saturated carbocycles. The van der Waals surface area contributed by atoms with Crippen LogP contribution in [-0.4, -0.2) is 18.4 Å². The quantitative estimate of drug-likeness (QED) is 0.675. The molecule has 0 fully saturated rings. The van der Waals surface area contributed by atoms with Crippen molar-refractivity contribution in [2.75, 3.05) is 7.11 Å². The van der Waals surface area contributed by atoms with E-state index in [9.17, 15) is 9.18 Å². The SMILES string of the molecule is COc1ccc(-c2[nH]c3c(F)cc(Cl)cc3c2C=O)cc1Cl. The molecule has 0 aliphatic rings. The lowest BCUT2D eigenvalue weighted by molar-refractivity contribution is 0.112. The molecule has 0 amide bonds. The van der Waals surface area contributed by atoms with Crippen molar-refractivity contribution in [1.29, 1.82) is 0 Å². The second kappa shape index (κ2) is 5.63. The molecule has 0 radical (unpaired) electrons. The van der Waals surface area contributed by atoms with Crippen LogP contribution >= 0.6 is 23.2 Å². The van der Waals surface area contributed by atoms with Gasteiger partial charge in [-0.1, -0.05) is 23.2 Å². The lowest BCUT2D eigenvalue weighted by Crippen LogP contribution is -1.87. The summed E-state index contributed by atoms with van der Waals surface area (Å²) < 4.78 is 19.1. The van der Waals surface area contributed by atoms with Crippen LogP contribution in [0.15, 0.2) is 30.3 Å². The number of hydrogen-bond donors (Lipinski definition) is 1. The van der Waals surface area contributed by atoms with E-state index in [0.29, 0.717) is 39.3 Å². The highest BCUT2D eigenvalue weighted by atomic mass is 35.5. The van der Waals surface area contributed by atoms with Gasteiger partial charge in [0, 0.05) is 21.5 Å². The molecule has 1 N–H and O–H groups in total. The van der Waals surface area contributed by atoms with Crippen molar-refractivity contribution in [3.05, 3.63) is 51.8 Å². The average Bonchev–Trinajstić information content (AvgIpc) is 2.85. The molecule has 0 aliphatic carbocycles. The normalized spacial score (nSPS) is 10.9. The predicted molar refractivity (Wildman–Crippen MR) is 85.7 cm³/mol. The minimum Gasteiger partial charge on any atom is -0.495 e. The van der Waals surface area contributed by atoms with Crippen LogP contribution in [0.4, 0.5) is 4.39 Å². The third-order valence-electron chi connectivity index (χ3n) is 3.42. The first-order chi connectivity index (χ1) is 10.5. The van der Waals surface area contributed by atoms with E-state index in [4.69, 9.17) is 27.9 Å². The maximum atomic E-state index is 14.0. The molecule has 3 nitrogen and oxygen atoms in total. The van der Waals surface area contributed by atoms with E-state index in [2.05, 4.69) is 4.98 Å². The lowest BCUT2D eigenvalue weighted by atomic mass is 10.1. The van der Waals surface area contributed by atoms with E-state index in [1.54, 1.807) is 24.3 Å². The van der Waals surface area contributed by atoms with Gasteiger partial charge >= 0.3 is 0 Å². The van der Waals surface area contributed by atoms with Crippen molar-refractivity contribution in [1.82, 2.24) is 4.98 Å². The molecular formula is C16H10Cl2FNO2. The Labute approximate surface area is 135 Å². The molecule has 1 aromatic heterocycles. The van der Waals surface area contributed by atoms with Crippen molar-refractivity contribution >= 4 is 40.4 Å². The van der Waals surface area contributed by atoms with Gasteiger partial charge in [-0.2, -0.15) is 0 Å². The summed E-state index contributed by atoms with van der Waals surface area (Å²) in [5.74, 6) is -0.000126. The predicted octanol–water partition coefficient (Wildman–Crippen LogP) is 5.10. The van der Waals surface area contributed by atoms with Crippen LogP contribution in [0.1, 0.15) is 10.4 Å². The zero-order valence-corrected chi connectivity index (χ0v) is 12.9. The van der Waals surface area contributed by atoms with Gasteiger partial charge in [-0.3, -0.25) is 4.79 Å². The van der Waals surface area contributed by atoms with Gasteiger partial charge in [-0.25, -0.2) is 4.39 Å². The molecule has 0 saturated heterocycles. The Balaban J connectivity index is 2.29. The number of methoxy groups -OCH3 is 1. The smallest absolute Gasteiger partial charge is 0.152 e. The molecule has 6 heteroatoms. The first kappa shape index (κ1) is 14.9. The Bertz CT molecular complexity index is 889. The van der Waals surface area contributed by atoms with Gasteiger partial charge in [0.15, 0.2) is 6.29 Å². The number of aldehydes is 1. The molecule has 0 unspecified atom stereocenters. The molecule has 3 rings (SSSR count). The number of ether oxygens (including phenoxy) is 1. The Morgan fingerprint density at radius 1 is 1.23 bits per heavy atom. The summed E-state index contributed by atoms with van der Waals surface area (Å²) in [4.78, 5) is 14.4. The Morgan fingerprint density at radius 2 is 2.00 bits per heavy atom. The molecule has 3 aromatic rings. The largest absolute Gasteiger partial charge is 0.495 e. The number of carbonyl (C=O) groups is 1. The molecule has 0 bridgehead atoms. The van der Waals surface area contributed by atoms with Gasteiger partial charge in [0.1, 0.15) is 11.6 Å². The summed E-state index contributed by atoms with van der Waals surface area (Å²) in [6.07, 6.45) is 0.669. The number of carbonyl (C=O) groups excluding carboxylic acids is 1. The molecule has 22 heavy (non-hydrogen) atoms. The Morgan fingerprint density at radius 3 is 2.64 bits per heavy atom. The second-order valence-electron chi connectivity index (χ2n) is 4.69. The average molecular weight is 338 g/mol. The van der Waals surface area contributed by atoms with Crippen LogP contribution in [0.5, 0.6) is 5.75 Å². The van der Waals surface area contributed by atoms with E-state index in [1.807, 2.05) is 0 Å². The summed E-state index contributed by atoms with van der Waals surface area (Å²) in [5, 5.41) is 1.06. The minimum absolute atomic E-state index is 0.228. The number of rotatable bonds is 3. The van der Waals surface area contributed by atoms with Gasteiger partial charge in [-0.15, -0.1) is 0 Å². The third-order valence-corrected chi connectivity index (χ3v) is 3.94. The zero-order valence-electron chi connectivity index (χ0n) is 11.4. The summed E-state index contributed by atoms with van der Waals surface area (Å²) in [6, 6.07) is 7.81. The summed E-state index contributed by atoms with van der Waals surface area (Å²) in [6.45, 7) is 0. The van der Waals surface area contributed by atoms with Crippen molar-refractivity contribution in [3.8, 4) is 17.0 Å². The van der Waals surface area contributed by atoms with Crippen LogP contribution in [0.3, 0.4) is 0 Å². The fourth-order valence-corrected chi connectivity index (χ4v) is 2.87. The maximum absolute atomic E-state index is 14.0. The first-order valence-corrected chi connectivity index (χ1v) is 7.10. The van der Waals surface area contributed by atoms with E-state index in [0.717, 1.165) is 0 Å².